The number of carboxylic acid groups (broad SMARTS) is 1. The number of nitrogens with one attached hydrogen (secondary N) is 4. The van der Waals surface area contributed by atoms with E-state index in [0.29, 0.717) is 37.2 Å². The van der Waals surface area contributed by atoms with E-state index in [1.807, 2.05) is 18.2 Å². The molecule has 7 atom stereocenters. The van der Waals surface area contributed by atoms with Gasteiger partial charge in [-0.2, -0.15) is 0 Å². The first kappa shape index (κ1) is 41.3. The maximum atomic E-state index is 14.7. The highest BCUT2D eigenvalue weighted by Crippen LogP contribution is 2.36. The van der Waals surface area contributed by atoms with Crippen LogP contribution >= 0.6 is 0 Å². The van der Waals surface area contributed by atoms with Gasteiger partial charge in [0.1, 0.15) is 30.0 Å². The van der Waals surface area contributed by atoms with E-state index in [-0.39, 0.29) is 31.2 Å². The van der Waals surface area contributed by atoms with Crippen molar-refractivity contribution in [2.45, 2.75) is 114 Å². The molecule has 306 valence electrons. The van der Waals surface area contributed by atoms with Crippen LogP contribution in [0.3, 0.4) is 0 Å². The lowest BCUT2D eigenvalue weighted by Crippen LogP contribution is -2.60. The van der Waals surface area contributed by atoms with Crippen LogP contribution in [0.25, 0.3) is 0 Å². The van der Waals surface area contributed by atoms with E-state index in [2.05, 4.69) is 21.3 Å². The SMILES string of the molecule is CCC[C@H](NC(=O)[C@@H]1[C@H]2O[C@H]3CCCOc4cccc(c4)CC(=O)N[C@@H](C4CCCCC4)C(=O)N1C[C@@H]2O3)C(=O)C(=O)NCC(=O)N[C@H](C(=O)O)c1ccccc1. The molecule has 0 spiro atoms. The Morgan fingerprint density at radius 2 is 1.70 bits per heavy atom. The summed E-state index contributed by atoms with van der Waals surface area (Å²) in [5, 5.41) is 19.9. The first-order chi connectivity index (χ1) is 27.5. The van der Waals surface area contributed by atoms with Crippen molar-refractivity contribution in [2.24, 2.45) is 5.92 Å². The molecule has 16 nitrogen and oxygen atoms in total. The van der Waals surface area contributed by atoms with Crippen LogP contribution in [0.15, 0.2) is 54.6 Å². The van der Waals surface area contributed by atoms with Gasteiger partial charge in [0.2, 0.25) is 29.4 Å². The number of ether oxygens (including phenoxy) is 3. The summed E-state index contributed by atoms with van der Waals surface area (Å²) in [4.78, 5) is 95.0. The normalized spacial score (nSPS) is 25.0. The van der Waals surface area contributed by atoms with Gasteiger partial charge in [-0.05, 0) is 54.9 Å². The Morgan fingerprint density at radius 3 is 2.44 bits per heavy atom. The Hall–Kier alpha value is -5.35. The molecule has 16 heteroatoms. The summed E-state index contributed by atoms with van der Waals surface area (Å²) in [5.74, 6) is -5.41. The number of carbonyl (C=O) groups is 7. The minimum atomic E-state index is -1.38. The fourth-order valence-corrected chi connectivity index (χ4v) is 8.12. The second-order valence-corrected chi connectivity index (χ2v) is 15.0. The molecule has 1 aliphatic carbocycles. The molecule has 2 saturated heterocycles. The van der Waals surface area contributed by atoms with E-state index in [0.717, 1.165) is 37.7 Å². The maximum absolute atomic E-state index is 14.7. The molecule has 4 aliphatic heterocycles. The van der Waals surface area contributed by atoms with Gasteiger partial charge < -0.3 is 45.5 Å². The topological polar surface area (TPSA) is 219 Å². The van der Waals surface area contributed by atoms with E-state index >= 15 is 0 Å². The van der Waals surface area contributed by atoms with Crippen molar-refractivity contribution in [2.75, 3.05) is 19.7 Å². The maximum Gasteiger partial charge on any atom is 0.330 e. The third kappa shape index (κ3) is 10.3. The lowest BCUT2D eigenvalue weighted by Gasteiger charge is -2.35. The van der Waals surface area contributed by atoms with Gasteiger partial charge in [0, 0.05) is 6.42 Å². The molecule has 3 fully saturated rings. The van der Waals surface area contributed by atoms with Crippen molar-refractivity contribution in [3.8, 4) is 5.75 Å². The molecule has 0 aromatic heterocycles. The minimum absolute atomic E-state index is 0.0107. The van der Waals surface area contributed by atoms with Gasteiger partial charge >= 0.3 is 5.97 Å². The Kier molecular flexibility index (Phi) is 13.9. The number of amides is 5. The van der Waals surface area contributed by atoms with E-state index in [9.17, 15) is 38.7 Å². The number of hydrogen-bond acceptors (Lipinski definition) is 10. The molecule has 5 amide bonds. The zero-order valence-electron chi connectivity index (χ0n) is 32.0. The summed E-state index contributed by atoms with van der Waals surface area (Å²) in [6, 6.07) is 10.4. The average Bonchev–Trinajstić information content (AvgIpc) is 3.77. The van der Waals surface area contributed by atoms with Crippen LogP contribution in [0.5, 0.6) is 5.75 Å². The van der Waals surface area contributed by atoms with Crippen molar-refractivity contribution in [3.05, 3.63) is 65.7 Å². The Balaban J connectivity index is 1.18. The van der Waals surface area contributed by atoms with Crippen molar-refractivity contribution in [1.29, 1.82) is 0 Å². The Labute approximate surface area is 330 Å². The molecule has 6 bridgehead atoms. The number of benzene rings is 2. The zero-order valence-corrected chi connectivity index (χ0v) is 32.0. The largest absolute Gasteiger partial charge is 0.494 e. The summed E-state index contributed by atoms with van der Waals surface area (Å²) in [6.45, 7) is 1.43. The van der Waals surface area contributed by atoms with Gasteiger partial charge in [-0.1, -0.05) is 75.1 Å². The van der Waals surface area contributed by atoms with E-state index < -0.39 is 84.6 Å². The monoisotopic (exact) mass is 789 g/mol. The predicted molar refractivity (Wildman–Crippen MR) is 202 cm³/mol. The van der Waals surface area contributed by atoms with Gasteiger partial charge in [0.05, 0.1) is 32.2 Å². The molecule has 1 saturated carbocycles. The average molecular weight is 790 g/mol. The van der Waals surface area contributed by atoms with Gasteiger partial charge in [0.15, 0.2) is 12.3 Å². The number of nitrogens with zero attached hydrogens (tertiary/aromatic N) is 1. The van der Waals surface area contributed by atoms with Crippen LogP contribution in [-0.4, -0.2) is 108 Å². The quantitative estimate of drug-likeness (QED) is 0.195. The molecule has 5 aliphatic rings. The summed E-state index contributed by atoms with van der Waals surface area (Å²) in [7, 11) is 0. The van der Waals surface area contributed by atoms with Crippen LogP contribution in [-0.2, 0) is 49.5 Å². The number of fused-ring (bicyclic) bond motifs is 7. The number of hydrogen-bond donors (Lipinski definition) is 5. The van der Waals surface area contributed by atoms with Crippen molar-refractivity contribution in [3.63, 3.8) is 0 Å². The van der Waals surface area contributed by atoms with Gasteiger partial charge in [-0.3, -0.25) is 28.8 Å². The number of rotatable bonds is 12. The van der Waals surface area contributed by atoms with Crippen LogP contribution < -0.4 is 26.0 Å². The molecule has 2 aromatic carbocycles. The molecule has 7 rings (SSSR count). The minimum Gasteiger partial charge on any atom is -0.494 e. The molecule has 0 radical (unpaired) electrons. The third-order valence-electron chi connectivity index (χ3n) is 10.9. The highest BCUT2D eigenvalue weighted by Gasteiger charge is 2.56. The predicted octanol–water partition coefficient (Wildman–Crippen LogP) is 1.70. The third-order valence-corrected chi connectivity index (χ3v) is 10.9. The van der Waals surface area contributed by atoms with Crippen LogP contribution in [0.4, 0.5) is 0 Å². The first-order valence-electron chi connectivity index (χ1n) is 19.8. The molecular weight excluding hydrogens is 738 g/mol. The second kappa shape index (κ2) is 19.2. The number of ketones is 1. The summed E-state index contributed by atoms with van der Waals surface area (Å²) in [5.41, 5.74) is 1.04. The van der Waals surface area contributed by atoms with E-state index in [1.165, 1.54) is 17.0 Å². The fourth-order valence-electron chi connectivity index (χ4n) is 8.12. The van der Waals surface area contributed by atoms with Crippen molar-refractivity contribution < 1.29 is 52.9 Å². The first-order valence-corrected chi connectivity index (χ1v) is 19.8. The van der Waals surface area contributed by atoms with Crippen molar-refractivity contribution in [1.82, 2.24) is 26.2 Å². The van der Waals surface area contributed by atoms with Crippen LogP contribution in [0, 0.1) is 5.92 Å². The summed E-state index contributed by atoms with van der Waals surface area (Å²) in [6.07, 6.45) is 3.48. The van der Waals surface area contributed by atoms with Gasteiger partial charge in [0.25, 0.3) is 5.91 Å². The summed E-state index contributed by atoms with van der Waals surface area (Å²) >= 11 is 0. The number of carbonyl (C=O) groups excluding carboxylic acids is 6. The molecule has 0 unspecified atom stereocenters. The molecule has 4 heterocycles. The standard InChI is InChI=1S/C41H51N5O11/c1-2-11-28(36(49)39(51)42-22-31(48)45-34(41(53)54)26-15-7-4-8-16-26)43-38(50)35-37-29-23-46(35)40(52)33(25-13-5-3-6-14-25)44-30(47)21-24-12-9-17-27(20-24)55-19-10-18-32(56-29)57-37/h4,7-9,12,15-17,20,25,28-29,32-35,37H,2-3,5-6,10-11,13-14,18-19,21-23H2,1H3,(H,42,51)(H,43,50)(H,44,47)(H,45,48)(H,53,54)/t28-,29-,32-,33-,34-,35-,37-/m0/s1. The molecule has 5 N–H and O–H groups in total. The smallest absolute Gasteiger partial charge is 0.330 e. The van der Waals surface area contributed by atoms with E-state index in [4.69, 9.17) is 14.2 Å². The number of Topliss-reactive ketones (excluding diaryl/α,β-unsaturated/α-hetero) is 1. The van der Waals surface area contributed by atoms with E-state index in [1.54, 1.807) is 31.2 Å². The molecular formula is C41H51N5O11. The van der Waals surface area contributed by atoms with Crippen molar-refractivity contribution >= 4 is 41.3 Å². The molecule has 57 heavy (non-hydrogen) atoms. The fraction of sp³-hybridized carbons (Fsp3) is 0.537. The number of aliphatic carboxylic acids is 1. The Bertz CT molecular complexity index is 1800. The summed E-state index contributed by atoms with van der Waals surface area (Å²) < 4.78 is 18.5. The highest BCUT2D eigenvalue weighted by molar-refractivity contribution is 6.38. The van der Waals surface area contributed by atoms with Gasteiger partial charge in [-0.15, -0.1) is 0 Å². The van der Waals surface area contributed by atoms with Gasteiger partial charge in [-0.25, -0.2) is 4.79 Å². The second-order valence-electron chi connectivity index (χ2n) is 15.0. The Morgan fingerprint density at radius 1 is 0.930 bits per heavy atom. The highest BCUT2D eigenvalue weighted by atomic mass is 16.7. The lowest BCUT2D eigenvalue weighted by atomic mass is 9.83. The molecule has 2 aromatic rings. The van der Waals surface area contributed by atoms with Crippen LogP contribution in [0.2, 0.25) is 0 Å². The zero-order chi connectivity index (χ0) is 40.5. The van der Waals surface area contributed by atoms with Crippen LogP contribution in [0.1, 0.15) is 81.9 Å². The number of carboxylic acids is 1. The lowest BCUT2D eigenvalue weighted by molar-refractivity contribution is -0.151.